The predicted octanol–water partition coefficient (Wildman–Crippen LogP) is 2.34. The molecule has 2 N–H and O–H groups in total. The fraction of sp³-hybridized carbons (Fsp3) is 0.647. The summed E-state index contributed by atoms with van der Waals surface area (Å²) in [5.41, 5.74) is 7.38. The molecule has 2 atom stereocenters. The van der Waals surface area contributed by atoms with Crippen molar-refractivity contribution in [3.05, 3.63) is 35.9 Å². The maximum absolute atomic E-state index is 13.0. The van der Waals surface area contributed by atoms with E-state index in [0.29, 0.717) is 13.1 Å². The molecule has 2 aliphatic rings. The van der Waals surface area contributed by atoms with Crippen molar-refractivity contribution in [1.29, 1.82) is 0 Å². The van der Waals surface area contributed by atoms with E-state index in [1.165, 1.54) is 6.42 Å². The van der Waals surface area contributed by atoms with Crippen molar-refractivity contribution < 1.29 is 8.42 Å². The lowest BCUT2D eigenvalue weighted by Gasteiger charge is -2.33. The molecular weight excluding hydrogens is 346 g/mol. The lowest BCUT2D eigenvalue weighted by atomic mass is 9.95. The molecule has 0 radical (unpaired) electrons. The fourth-order valence-corrected chi connectivity index (χ4v) is 5.51. The average molecular weight is 374 g/mol. The normalized spacial score (nSPS) is 26.5. The Labute approximate surface area is 151 Å². The first kappa shape index (κ1) is 19.7. The molecule has 0 aromatic heterocycles. The average Bonchev–Trinajstić information content (AvgIpc) is 2.98. The zero-order chi connectivity index (χ0) is 16.4. The molecule has 2 fully saturated rings. The molecule has 5 nitrogen and oxygen atoms in total. The van der Waals surface area contributed by atoms with Gasteiger partial charge in [0.1, 0.15) is 0 Å². The van der Waals surface area contributed by atoms with E-state index in [9.17, 15) is 8.42 Å². The Morgan fingerprint density at radius 3 is 2.33 bits per heavy atom. The number of hydrogen-bond donors (Lipinski definition) is 1. The summed E-state index contributed by atoms with van der Waals surface area (Å²) >= 11 is 0. The van der Waals surface area contributed by atoms with Crippen LogP contribution in [0.4, 0.5) is 0 Å². The van der Waals surface area contributed by atoms with Gasteiger partial charge in [0.25, 0.3) is 10.2 Å². The maximum atomic E-state index is 13.0. The zero-order valence-electron chi connectivity index (χ0n) is 14.2. The molecule has 0 spiro atoms. The molecule has 3 rings (SSSR count). The van der Waals surface area contributed by atoms with Crippen LogP contribution in [0.5, 0.6) is 0 Å². The smallest absolute Gasteiger partial charge is 0.282 e. The van der Waals surface area contributed by atoms with Gasteiger partial charge >= 0.3 is 0 Å². The van der Waals surface area contributed by atoms with E-state index in [-0.39, 0.29) is 30.4 Å². The molecule has 1 saturated carbocycles. The van der Waals surface area contributed by atoms with Gasteiger partial charge in [-0.2, -0.15) is 17.0 Å². The van der Waals surface area contributed by atoms with E-state index in [2.05, 4.69) is 0 Å². The molecule has 1 saturated heterocycles. The first-order valence-corrected chi connectivity index (χ1v) is 9.93. The van der Waals surface area contributed by atoms with Crippen LogP contribution in [-0.4, -0.2) is 49.2 Å². The van der Waals surface area contributed by atoms with Crippen LogP contribution in [0.1, 0.15) is 43.6 Å². The highest BCUT2D eigenvalue weighted by Crippen LogP contribution is 2.31. The van der Waals surface area contributed by atoms with Crippen molar-refractivity contribution in [2.45, 2.75) is 50.1 Å². The summed E-state index contributed by atoms with van der Waals surface area (Å²) in [6.45, 7) is 0.878. The molecule has 0 bridgehead atoms. The Morgan fingerprint density at radius 2 is 1.71 bits per heavy atom. The van der Waals surface area contributed by atoms with E-state index < -0.39 is 10.2 Å². The lowest BCUT2D eigenvalue weighted by Crippen LogP contribution is -2.46. The fourth-order valence-electron chi connectivity index (χ4n) is 3.85. The van der Waals surface area contributed by atoms with Crippen molar-refractivity contribution in [2.24, 2.45) is 5.73 Å². The van der Waals surface area contributed by atoms with Crippen LogP contribution in [0.25, 0.3) is 0 Å². The minimum Gasteiger partial charge on any atom is -0.326 e. The van der Waals surface area contributed by atoms with Crippen molar-refractivity contribution in [3.63, 3.8) is 0 Å². The van der Waals surface area contributed by atoms with Crippen LogP contribution in [0.3, 0.4) is 0 Å². The number of hydrogen-bond acceptors (Lipinski definition) is 3. The van der Waals surface area contributed by atoms with Crippen LogP contribution >= 0.6 is 12.4 Å². The number of nitrogens with zero attached hydrogens (tertiary/aromatic N) is 2. The summed E-state index contributed by atoms with van der Waals surface area (Å²) < 4.78 is 29.1. The Bertz CT molecular complexity index is 620. The number of rotatable bonds is 4. The quantitative estimate of drug-likeness (QED) is 0.880. The highest BCUT2D eigenvalue weighted by molar-refractivity contribution is 7.86. The third-order valence-electron chi connectivity index (χ3n) is 5.34. The van der Waals surface area contributed by atoms with Crippen molar-refractivity contribution in [1.82, 2.24) is 8.61 Å². The summed E-state index contributed by atoms with van der Waals surface area (Å²) in [6, 6.07) is 9.99. The van der Waals surface area contributed by atoms with Gasteiger partial charge in [0.05, 0.1) is 0 Å². The highest BCUT2D eigenvalue weighted by atomic mass is 35.5. The molecular formula is C17H28ClN3O2S. The Kier molecular flexibility index (Phi) is 6.67. The Hall–Kier alpha value is -0.660. The summed E-state index contributed by atoms with van der Waals surface area (Å²) in [4.78, 5) is 0. The molecule has 1 heterocycles. The molecule has 0 amide bonds. The van der Waals surface area contributed by atoms with Gasteiger partial charge in [0.15, 0.2) is 0 Å². The summed E-state index contributed by atoms with van der Waals surface area (Å²) in [7, 11) is -1.70. The Morgan fingerprint density at radius 1 is 1.08 bits per heavy atom. The van der Waals surface area contributed by atoms with Gasteiger partial charge in [0, 0.05) is 38.1 Å². The third kappa shape index (κ3) is 3.94. The second-order valence-corrected chi connectivity index (χ2v) is 8.80. The molecule has 24 heavy (non-hydrogen) atoms. The van der Waals surface area contributed by atoms with Crippen molar-refractivity contribution in [3.8, 4) is 0 Å². The second-order valence-electron chi connectivity index (χ2n) is 6.81. The maximum Gasteiger partial charge on any atom is 0.282 e. The van der Waals surface area contributed by atoms with Crippen LogP contribution in [-0.2, 0) is 10.2 Å². The minimum atomic E-state index is -3.43. The van der Waals surface area contributed by atoms with Gasteiger partial charge in [0.2, 0.25) is 0 Å². The van der Waals surface area contributed by atoms with Crippen molar-refractivity contribution >= 4 is 22.6 Å². The third-order valence-corrected chi connectivity index (χ3v) is 7.32. The molecule has 1 aliphatic heterocycles. The molecule has 0 unspecified atom stereocenters. The Balaban J connectivity index is 0.00000208. The monoisotopic (exact) mass is 373 g/mol. The lowest BCUT2D eigenvalue weighted by molar-refractivity contribution is 0.268. The predicted molar refractivity (Wildman–Crippen MR) is 99.5 cm³/mol. The van der Waals surface area contributed by atoms with Gasteiger partial charge in [-0.1, -0.05) is 49.6 Å². The minimum absolute atomic E-state index is 0. The van der Waals surface area contributed by atoms with E-state index in [0.717, 1.165) is 31.2 Å². The topological polar surface area (TPSA) is 66.6 Å². The first-order valence-electron chi connectivity index (χ1n) is 8.54. The van der Waals surface area contributed by atoms with E-state index in [1.54, 1.807) is 15.7 Å². The van der Waals surface area contributed by atoms with Gasteiger partial charge in [-0.15, -0.1) is 12.4 Å². The van der Waals surface area contributed by atoms with Crippen molar-refractivity contribution in [2.75, 3.05) is 20.1 Å². The number of halogens is 1. The van der Waals surface area contributed by atoms with Crippen LogP contribution in [0, 0.1) is 0 Å². The summed E-state index contributed by atoms with van der Waals surface area (Å²) in [5.74, 6) is 0.0748. The van der Waals surface area contributed by atoms with E-state index in [1.807, 2.05) is 30.3 Å². The molecule has 136 valence electrons. The molecule has 1 aromatic carbocycles. The van der Waals surface area contributed by atoms with Gasteiger partial charge in [-0.3, -0.25) is 0 Å². The number of benzene rings is 1. The number of nitrogens with two attached hydrogens (primary N) is 1. The molecule has 1 aromatic rings. The zero-order valence-corrected chi connectivity index (χ0v) is 15.8. The summed E-state index contributed by atoms with van der Waals surface area (Å²) in [6.07, 6.45) is 5.40. The van der Waals surface area contributed by atoms with Crippen LogP contribution < -0.4 is 5.73 Å². The SMILES string of the molecule is CN(C1CCCCC1)S(=O)(=O)N1C[C@@H](N)[C@H](c2ccccc2)C1.Cl. The molecule has 1 aliphatic carbocycles. The highest BCUT2D eigenvalue weighted by Gasteiger charge is 2.41. The van der Waals surface area contributed by atoms with E-state index in [4.69, 9.17) is 5.73 Å². The summed E-state index contributed by atoms with van der Waals surface area (Å²) in [5, 5.41) is 0. The largest absolute Gasteiger partial charge is 0.326 e. The second kappa shape index (κ2) is 8.15. The van der Waals surface area contributed by atoms with E-state index >= 15 is 0 Å². The molecule has 7 heteroatoms. The first-order chi connectivity index (χ1) is 11.0. The van der Waals surface area contributed by atoms with Gasteiger partial charge in [-0.25, -0.2) is 0 Å². The van der Waals surface area contributed by atoms with Gasteiger partial charge in [-0.05, 0) is 18.4 Å². The van der Waals surface area contributed by atoms with Crippen LogP contribution in [0.2, 0.25) is 0 Å². The van der Waals surface area contributed by atoms with Gasteiger partial charge < -0.3 is 5.73 Å². The standard InChI is InChI=1S/C17H27N3O2S.ClH/c1-19(15-10-6-3-7-11-15)23(21,22)20-12-16(17(18)13-20)14-8-4-2-5-9-14;/h2,4-5,8-9,15-17H,3,6-7,10-13,18H2,1H3;1H/t16-,17+;/m0./s1. The van der Waals surface area contributed by atoms with Crippen LogP contribution in [0.15, 0.2) is 30.3 Å².